The minimum Gasteiger partial charge on any atom is -0.393 e. The van der Waals surface area contributed by atoms with E-state index in [-0.39, 0.29) is 98.7 Å². The maximum absolute atomic E-state index is 14.0. The van der Waals surface area contributed by atoms with Crippen molar-refractivity contribution in [2.45, 2.75) is 210 Å². The van der Waals surface area contributed by atoms with Gasteiger partial charge in [-0.05, 0) is 211 Å². The molecule has 0 heterocycles. The summed E-state index contributed by atoms with van der Waals surface area (Å²) in [6.45, 7) is 19.9. The molecule has 5 unspecified atom stereocenters. The third-order valence-corrected chi connectivity index (χ3v) is 25.0. The molecule has 8 aliphatic carbocycles. The summed E-state index contributed by atoms with van der Waals surface area (Å²) in [7, 11) is 0. The minimum atomic E-state index is -1.82. The number of rotatable bonds is 14. The number of hydrogen-bond donors (Lipinski definition) is 6. The van der Waals surface area contributed by atoms with Crippen molar-refractivity contribution in [3.8, 4) is 0 Å². The van der Waals surface area contributed by atoms with Gasteiger partial charge in [-0.15, -0.1) is 0 Å². The lowest BCUT2D eigenvalue weighted by Gasteiger charge is -2.69. The third kappa shape index (κ3) is 7.87. The van der Waals surface area contributed by atoms with E-state index in [9.17, 15) is 69.0 Å². The molecule has 75 heavy (non-hydrogen) atoms. The zero-order valence-corrected chi connectivity index (χ0v) is 46.8. The molecular weight excluding hydrogens is 961 g/mol. The second-order valence-corrected chi connectivity index (χ2v) is 27.3. The molecule has 0 saturated heterocycles. The lowest BCUT2D eigenvalue weighted by Crippen LogP contribution is -2.73. The number of hydrogen-bond acceptors (Lipinski definition) is 15. The molecule has 0 aromatic heterocycles. The average molecular weight is 1050 g/mol. The van der Waals surface area contributed by atoms with Crippen molar-refractivity contribution in [2.75, 3.05) is 0 Å². The molecule has 15 heteroatoms. The highest BCUT2D eigenvalue weighted by atomic mass is 16.6. The number of carbonyl (C=O) groups excluding carboxylic acids is 8. The number of Topliss-reactive ketones (excluding diaryl/α,β-unsaturated/α-hetero) is 6. The molecular formula is C60H90O15. The molecule has 15 nitrogen and oxygen atoms in total. The van der Waals surface area contributed by atoms with Crippen LogP contribution in [0, 0.1) is 115 Å². The molecule has 24 atom stereocenters. The van der Waals surface area contributed by atoms with E-state index < -0.39 is 151 Å². The molecule has 6 N–H and O–H groups in total. The van der Waals surface area contributed by atoms with Crippen molar-refractivity contribution in [3.05, 3.63) is 0 Å². The topological polar surface area (TPSA) is 267 Å². The Balaban J connectivity index is 0.905. The van der Waals surface area contributed by atoms with E-state index in [4.69, 9.17) is 4.74 Å². The Morgan fingerprint density at radius 1 is 0.453 bits per heavy atom. The summed E-state index contributed by atoms with van der Waals surface area (Å²) in [5, 5.41) is 71.6. The first-order chi connectivity index (χ1) is 34.8. The average Bonchev–Trinajstić information content (AvgIpc) is 3.86. The Kier molecular flexibility index (Phi) is 15.4. The Bertz CT molecular complexity index is 2160. The maximum Gasteiger partial charge on any atom is 0.313 e. The second-order valence-electron chi connectivity index (χ2n) is 27.3. The largest absolute Gasteiger partial charge is 0.393 e. The highest BCUT2D eigenvalue weighted by Gasteiger charge is 2.78. The van der Waals surface area contributed by atoms with Crippen molar-refractivity contribution in [1.82, 2.24) is 0 Å². The number of aliphatic hydroxyl groups is 6. The van der Waals surface area contributed by atoms with Crippen molar-refractivity contribution in [2.24, 2.45) is 115 Å². The van der Waals surface area contributed by atoms with E-state index in [0.29, 0.717) is 38.5 Å². The Morgan fingerprint density at radius 2 is 0.760 bits per heavy atom. The van der Waals surface area contributed by atoms with E-state index in [1.807, 2.05) is 27.7 Å². The van der Waals surface area contributed by atoms with Gasteiger partial charge in [0, 0.05) is 12.8 Å². The zero-order chi connectivity index (χ0) is 55.8. The van der Waals surface area contributed by atoms with Crippen LogP contribution in [0.5, 0.6) is 0 Å². The Morgan fingerprint density at radius 3 is 1.05 bits per heavy atom. The van der Waals surface area contributed by atoms with Gasteiger partial charge >= 0.3 is 11.9 Å². The summed E-state index contributed by atoms with van der Waals surface area (Å²) in [5.41, 5.74) is -7.24. The fraction of sp³-hybridized carbons (Fsp3) is 0.867. The van der Waals surface area contributed by atoms with Gasteiger partial charge in [0.15, 0.2) is 0 Å². The summed E-state index contributed by atoms with van der Waals surface area (Å²) in [5.74, 6) is -9.86. The lowest BCUT2D eigenvalue weighted by molar-refractivity contribution is -0.249. The Hall–Kier alpha value is -3.08. The second kappa shape index (κ2) is 19.9. The SMILES string of the molecule is CC(=O)C1[C@@H](O)C[C@H]2C[C@@H](O)[C@H]3[C@@H]4CC[C@H]([C@H](C)CCC(=O)OC(=O)CC[C@@H](C)[C@H]5CCC6C7C(C[C@H](O)[C@@]65C)[C@]5(C)[C@H](C[C@H]7O)C[C@H](O)C(C(C)=O)C5(C(C)=O)C(C)=O)[C@@]4(C)[C@@H](O)C[C@@H]3[C@@]2(C)C1(C(C)=O)C(C)=O. The summed E-state index contributed by atoms with van der Waals surface area (Å²) in [6.07, 6.45) is -1.20. The first kappa shape index (κ1) is 58.1. The van der Waals surface area contributed by atoms with Gasteiger partial charge in [-0.3, -0.25) is 38.4 Å². The van der Waals surface area contributed by atoms with Crippen molar-refractivity contribution < 1.29 is 73.7 Å². The number of fused-ring (bicyclic) bond motifs is 10. The minimum absolute atomic E-state index is 0.0291. The number of esters is 2. The van der Waals surface area contributed by atoms with Crippen LogP contribution >= 0.6 is 0 Å². The normalized spacial score (nSPS) is 47.0. The van der Waals surface area contributed by atoms with Crippen LogP contribution in [0.2, 0.25) is 0 Å². The molecule has 0 aliphatic heterocycles. The van der Waals surface area contributed by atoms with Crippen LogP contribution in [0.4, 0.5) is 0 Å². The van der Waals surface area contributed by atoms with Gasteiger partial charge in [-0.1, -0.05) is 41.5 Å². The molecule has 420 valence electrons. The molecule has 0 radical (unpaired) electrons. The standard InChI is InChI=1S/C60H90O15/c1-27(37-15-17-39-51-41(25-47(71)55(37,39)9)57(11)35(21-43(51)67)23-45(69)53(29(3)61)59(57,31(5)63)32(6)64)13-19-49(73)75-50(74)20-14-28(2)38-16-18-40-52-42(26-48(72)56(38,40)10)58(12)36(22-44(52)68)24-46(70)54(30(4)62)60(58,33(7)65)34(8)66/h27-28,35-48,51-54,67-72H,13-26H2,1-12H3/t27-,28-,35-,36-,37-,38-,39+,40?,41+,42?,43-,44-,45+,46+,47+,48+,51+,52?,53?,54?,55-,56-,57+,58+/m1/s1. The quantitative estimate of drug-likeness (QED) is 0.0862. The molecule has 0 aromatic carbocycles. The van der Waals surface area contributed by atoms with E-state index in [2.05, 4.69) is 13.8 Å². The van der Waals surface area contributed by atoms with Gasteiger partial charge < -0.3 is 35.4 Å². The Labute approximate surface area is 443 Å². The van der Waals surface area contributed by atoms with Gasteiger partial charge in [0.05, 0.1) is 48.5 Å². The summed E-state index contributed by atoms with van der Waals surface area (Å²) >= 11 is 0. The van der Waals surface area contributed by atoms with Gasteiger partial charge in [-0.2, -0.15) is 0 Å². The molecule has 0 aromatic rings. The molecule has 8 fully saturated rings. The molecule has 0 bridgehead atoms. The predicted molar refractivity (Wildman–Crippen MR) is 273 cm³/mol. The van der Waals surface area contributed by atoms with Crippen molar-refractivity contribution >= 4 is 46.6 Å². The van der Waals surface area contributed by atoms with Crippen LogP contribution in [0.15, 0.2) is 0 Å². The van der Waals surface area contributed by atoms with Crippen LogP contribution in [0.3, 0.4) is 0 Å². The number of ether oxygens (including phenoxy) is 1. The monoisotopic (exact) mass is 1050 g/mol. The molecule has 0 amide bonds. The maximum atomic E-state index is 14.0. The number of carbonyl (C=O) groups is 8. The third-order valence-electron chi connectivity index (χ3n) is 25.0. The first-order valence-electron chi connectivity index (χ1n) is 28.7. The van der Waals surface area contributed by atoms with Crippen LogP contribution in [-0.4, -0.2) is 114 Å². The van der Waals surface area contributed by atoms with E-state index in [0.717, 1.165) is 0 Å². The smallest absolute Gasteiger partial charge is 0.313 e. The fourth-order valence-corrected chi connectivity index (χ4v) is 22.1. The van der Waals surface area contributed by atoms with E-state index >= 15 is 0 Å². The first-order valence-corrected chi connectivity index (χ1v) is 28.7. The highest BCUT2D eigenvalue weighted by Crippen LogP contribution is 2.75. The molecule has 0 spiro atoms. The van der Waals surface area contributed by atoms with Crippen LogP contribution in [0.1, 0.15) is 173 Å². The lowest BCUT2D eigenvalue weighted by atomic mass is 9.34. The predicted octanol–water partition coefficient (Wildman–Crippen LogP) is 5.99. The van der Waals surface area contributed by atoms with Crippen molar-refractivity contribution in [3.63, 3.8) is 0 Å². The van der Waals surface area contributed by atoms with Crippen LogP contribution in [0.25, 0.3) is 0 Å². The van der Waals surface area contributed by atoms with Crippen LogP contribution < -0.4 is 0 Å². The van der Waals surface area contributed by atoms with Gasteiger partial charge in [0.2, 0.25) is 0 Å². The molecule has 8 saturated carbocycles. The number of ketones is 6. The van der Waals surface area contributed by atoms with Crippen molar-refractivity contribution in [1.29, 1.82) is 0 Å². The highest BCUT2D eigenvalue weighted by molar-refractivity contribution is 6.11. The van der Waals surface area contributed by atoms with Gasteiger partial charge in [0.25, 0.3) is 0 Å². The van der Waals surface area contributed by atoms with Gasteiger partial charge in [0.1, 0.15) is 45.5 Å². The number of aliphatic hydroxyl groups excluding tert-OH is 6. The van der Waals surface area contributed by atoms with E-state index in [1.54, 1.807) is 0 Å². The fourth-order valence-electron chi connectivity index (χ4n) is 22.1. The summed E-state index contributed by atoms with van der Waals surface area (Å²) in [4.78, 5) is 109. The zero-order valence-electron chi connectivity index (χ0n) is 46.8. The van der Waals surface area contributed by atoms with Crippen LogP contribution in [-0.2, 0) is 43.1 Å². The summed E-state index contributed by atoms with van der Waals surface area (Å²) in [6, 6.07) is 0. The molecule has 8 aliphatic rings. The van der Waals surface area contributed by atoms with E-state index in [1.165, 1.54) is 41.5 Å². The molecule has 8 rings (SSSR count). The van der Waals surface area contributed by atoms with Gasteiger partial charge in [-0.25, -0.2) is 0 Å². The summed E-state index contributed by atoms with van der Waals surface area (Å²) < 4.78 is 5.42.